The van der Waals surface area contributed by atoms with Crippen LogP contribution in [0.3, 0.4) is 0 Å². The van der Waals surface area contributed by atoms with Gasteiger partial charge in [0.05, 0.1) is 5.92 Å². The fourth-order valence-electron chi connectivity index (χ4n) is 3.70. The molecule has 20 heavy (non-hydrogen) atoms. The lowest BCUT2D eigenvalue weighted by atomic mass is 9.86. The monoisotopic (exact) mass is 281 g/mol. The molecule has 2 rings (SSSR count). The van der Waals surface area contributed by atoms with Crippen molar-refractivity contribution in [1.82, 2.24) is 5.32 Å². The van der Waals surface area contributed by atoms with E-state index in [1.54, 1.807) is 0 Å². The molecule has 0 aromatic rings. The Bertz CT molecular complexity index is 337. The van der Waals surface area contributed by atoms with Crippen LogP contribution in [-0.2, 0) is 9.59 Å². The molecule has 0 aromatic carbocycles. The van der Waals surface area contributed by atoms with E-state index in [-0.39, 0.29) is 11.9 Å². The Kier molecular flexibility index (Phi) is 5.86. The van der Waals surface area contributed by atoms with E-state index in [0.717, 1.165) is 38.5 Å². The maximum Gasteiger partial charge on any atom is 0.308 e. The Balaban J connectivity index is 1.85. The molecule has 0 saturated heterocycles. The van der Waals surface area contributed by atoms with Crippen LogP contribution in [0.1, 0.15) is 70.6 Å². The highest BCUT2D eigenvalue weighted by Gasteiger charge is 2.31. The molecule has 0 aliphatic heterocycles. The Morgan fingerprint density at radius 2 is 1.50 bits per heavy atom. The number of carbonyl (C=O) groups excluding carboxylic acids is 1. The first-order chi connectivity index (χ1) is 9.66. The minimum absolute atomic E-state index is 0.0649. The van der Waals surface area contributed by atoms with E-state index in [9.17, 15) is 14.7 Å². The summed E-state index contributed by atoms with van der Waals surface area (Å²) in [6.45, 7) is 0. The van der Waals surface area contributed by atoms with Gasteiger partial charge in [-0.05, 0) is 31.6 Å². The second-order valence-corrected chi connectivity index (χ2v) is 6.46. The van der Waals surface area contributed by atoms with E-state index in [1.807, 2.05) is 0 Å². The van der Waals surface area contributed by atoms with E-state index in [4.69, 9.17) is 0 Å². The van der Waals surface area contributed by atoms with Crippen LogP contribution < -0.4 is 5.32 Å². The number of carbonyl (C=O) groups is 2. The summed E-state index contributed by atoms with van der Waals surface area (Å²) in [6, 6.07) is -0.161. The molecule has 2 saturated carbocycles. The molecule has 0 aromatic heterocycles. The first kappa shape index (κ1) is 15.3. The van der Waals surface area contributed by atoms with Crippen molar-refractivity contribution in [1.29, 1.82) is 0 Å². The lowest BCUT2D eigenvalue weighted by Gasteiger charge is -2.25. The Morgan fingerprint density at radius 1 is 0.900 bits per heavy atom. The highest BCUT2D eigenvalue weighted by molar-refractivity contribution is 5.78. The van der Waals surface area contributed by atoms with Crippen molar-refractivity contribution in [2.75, 3.05) is 0 Å². The van der Waals surface area contributed by atoms with Gasteiger partial charge in [0.15, 0.2) is 0 Å². The van der Waals surface area contributed by atoms with Crippen molar-refractivity contribution >= 4 is 11.9 Å². The van der Waals surface area contributed by atoms with Crippen LogP contribution in [0.15, 0.2) is 0 Å². The summed E-state index contributed by atoms with van der Waals surface area (Å²) in [5.74, 6) is -0.574. The van der Waals surface area contributed by atoms with Gasteiger partial charge in [-0.1, -0.05) is 38.5 Å². The van der Waals surface area contributed by atoms with Gasteiger partial charge in [0, 0.05) is 12.5 Å². The van der Waals surface area contributed by atoms with Crippen LogP contribution in [0.2, 0.25) is 0 Å². The molecule has 0 heterocycles. The van der Waals surface area contributed by atoms with Gasteiger partial charge in [0.1, 0.15) is 0 Å². The van der Waals surface area contributed by atoms with Gasteiger partial charge in [-0.15, -0.1) is 0 Å². The van der Waals surface area contributed by atoms with Crippen molar-refractivity contribution in [3.05, 3.63) is 0 Å². The van der Waals surface area contributed by atoms with Gasteiger partial charge >= 0.3 is 5.97 Å². The molecule has 0 radical (unpaired) electrons. The van der Waals surface area contributed by atoms with Crippen molar-refractivity contribution in [2.45, 2.75) is 76.7 Å². The number of hydrogen-bond acceptors (Lipinski definition) is 2. The van der Waals surface area contributed by atoms with E-state index in [2.05, 4.69) is 5.32 Å². The average Bonchev–Trinajstić information content (AvgIpc) is 2.65. The molecular weight excluding hydrogens is 254 g/mol. The van der Waals surface area contributed by atoms with Crippen LogP contribution in [-0.4, -0.2) is 23.0 Å². The third-order valence-electron chi connectivity index (χ3n) is 4.88. The molecule has 2 unspecified atom stereocenters. The topological polar surface area (TPSA) is 66.4 Å². The third-order valence-corrected chi connectivity index (χ3v) is 4.88. The smallest absolute Gasteiger partial charge is 0.308 e. The van der Waals surface area contributed by atoms with Crippen molar-refractivity contribution in [3.63, 3.8) is 0 Å². The van der Waals surface area contributed by atoms with Crippen LogP contribution in [0, 0.1) is 11.8 Å². The molecule has 2 N–H and O–H groups in total. The molecule has 2 aliphatic rings. The molecule has 114 valence electrons. The van der Waals surface area contributed by atoms with Crippen molar-refractivity contribution in [2.24, 2.45) is 11.8 Å². The van der Waals surface area contributed by atoms with Crippen molar-refractivity contribution in [3.8, 4) is 0 Å². The molecule has 2 aliphatic carbocycles. The number of carboxylic acids is 1. The average molecular weight is 281 g/mol. The summed E-state index contributed by atoms with van der Waals surface area (Å²) >= 11 is 0. The molecule has 2 atom stereocenters. The zero-order chi connectivity index (χ0) is 14.4. The minimum atomic E-state index is -0.755. The fourth-order valence-corrected chi connectivity index (χ4v) is 3.70. The van der Waals surface area contributed by atoms with Gasteiger partial charge in [-0.3, -0.25) is 9.59 Å². The number of carboxylic acid groups (broad SMARTS) is 1. The first-order valence-corrected chi connectivity index (χ1v) is 8.19. The Hall–Kier alpha value is -1.06. The standard InChI is InChI=1S/C16H27NO3/c18-15(11-12-7-3-1-4-8-12)17-14-10-6-2-5-9-13(14)16(19)20/h12-14H,1-11H2,(H,17,18)(H,19,20). The number of amides is 1. The maximum atomic E-state index is 12.2. The van der Waals surface area contributed by atoms with E-state index in [0.29, 0.717) is 18.8 Å². The zero-order valence-electron chi connectivity index (χ0n) is 12.3. The normalized spacial score (nSPS) is 28.6. The summed E-state index contributed by atoms with van der Waals surface area (Å²) < 4.78 is 0. The van der Waals surface area contributed by atoms with Gasteiger partial charge in [0.25, 0.3) is 0 Å². The third kappa shape index (κ3) is 4.50. The van der Waals surface area contributed by atoms with Crippen LogP contribution in [0.4, 0.5) is 0 Å². The predicted molar refractivity (Wildman–Crippen MR) is 77.3 cm³/mol. The number of hydrogen-bond donors (Lipinski definition) is 2. The lowest BCUT2D eigenvalue weighted by molar-refractivity contribution is -0.143. The van der Waals surface area contributed by atoms with Gasteiger partial charge in [-0.2, -0.15) is 0 Å². The number of nitrogens with one attached hydrogen (secondary N) is 1. The minimum Gasteiger partial charge on any atom is -0.481 e. The molecule has 0 bridgehead atoms. The molecular formula is C16H27NO3. The Morgan fingerprint density at radius 3 is 2.15 bits per heavy atom. The summed E-state index contributed by atoms with van der Waals surface area (Å²) in [4.78, 5) is 23.5. The molecule has 0 spiro atoms. The molecule has 1 amide bonds. The van der Waals surface area contributed by atoms with E-state index in [1.165, 1.54) is 19.3 Å². The largest absolute Gasteiger partial charge is 0.481 e. The molecule has 4 heteroatoms. The Labute approximate surface area is 121 Å². The highest BCUT2D eigenvalue weighted by atomic mass is 16.4. The van der Waals surface area contributed by atoms with E-state index < -0.39 is 11.9 Å². The van der Waals surface area contributed by atoms with Crippen LogP contribution in [0.25, 0.3) is 0 Å². The van der Waals surface area contributed by atoms with E-state index >= 15 is 0 Å². The molecule has 4 nitrogen and oxygen atoms in total. The summed E-state index contributed by atoms with van der Waals surface area (Å²) in [7, 11) is 0. The summed E-state index contributed by atoms with van der Waals surface area (Å²) in [5, 5.41) is 12.3. The number of aliphatic carboxylic acids is 1. The van der Waals surface area contributed by atoms with Gasteiger partial charge < -0.3 is 10.4 Å². The fraction of sp³-hybridized carbons (Fsp3) is 0.875. The predicted octanol–water partition coefficient (Wildman–Crippen LogP) is 3.11. The second kappa shape index (κ2) is 7.65. The molecule has 2 fully saturated rings. The summed E-state index contributed by atoms with van der Waals surface area (Å²) in [5.41, 5.74) is 0. The lowest BCUT2D eigenvalue weighted by Crippen LogP contribution is -2.43. The van der Waals surface area contributed by atoms with Crippen LogP contribution >= 0.6 is 0 Å². The van der Waals surface area contributed by atoms with Crippen molar-refractivity contribution < 1.29 is 14.7 Å². The first-order valence-electron chi connectivity index (χ1n) is 8.19. The highest BCUT2D eigenvalue weighted by Crippen LogP contribution is 2.27. The van der Waals surface area contributed by atoms with Gasteiger partial charge in [-0.25, -0.2) is 0 Å². The van der Waals surface area contributed by atoms with Gasteiger partial charge in [0.2, 0.25) is 5.91 Å². The zero-order valence-corrected chi connectivity index (χ0v) is 12.3. The number of rotatable bonds is 4. The SMILES string of the molecule is O=C(CC1CCCCC1)NC1CCCCCC1C(=O)O. The van der Waals surface area contributed by atoms with Crippen LogP contribution in [0.5, 0.6) is 0 Å². The quantitative estimate of drug-likeness (QED) is 0.778. The maximum absolute atomic E-state index is 12.2. The summed E-state index contributed by atoms with van der Waals surface area (Å²) in [6.07, 6.45) is 11.2. The second-order valence-electron chi connectivity index (χ2n) is 6.46.